The topological polar surface area (TPSA) is 287 Å². The van der Waals surface area contributed by atoms with E-state index in [1.54, 1.807) is 101 Å². The fourth-order valence-electron chi connectivity index (χ4n) is 7.79. The first-order chi connectivity index (χ1) is 35.9. The van der Waals surface area contributed by atoms with E-state index < -0.39 is 50.3 Å². The predicted octanol–water partition coefficient (Wildman–Crippen LogP) is 9.03. The van der Waals surface area contributed by atoms with E-state index in [4.69, 9.17) is 39.5 Å². The number of ether oxygens (including phenoxy) is 4. The lowest BCUT2D eigenvalue weighted by atomic mass is 10.1. The standard InChI is InChI=1S/2C26H33N6O5P/c2*1-17(2)36-25(33)26(4,5)31-38(34,37-21-11-10-19-8-6-7-9-20(19)12-21)16-35-18(3)13-32-15-30-22-23(27)28-14-29-24(22)32/h2*6-12,14-15,17-18H,13,16H2,1-5H3,(H,31,34)(H2,27,28,29)/t18-,38?;18-,38+/m11/s1. The molecule has 24 heteroatoms. The first kappa shape index (κ1) is 56.7. The van der Waals surface area contributed by atoms with Crippen LogP contribution in [0.5, 0.6) is 11.5 Å². The number of nitrogens with two attached hydrogens (primary N) is 2. The summed E-state index contributed by atoms with van der Waals surface area (Å²) in [4.78, 5) is 50.4. The molecule has 8 rings (SSSR count). The Morgan fingerprint density at radius 3 is 1.29 bits per heavy atom. The first-order valence-corrected chi connectivity index (χ1v) is 28.2. The van der Waals surface area contributed by atoms with Crippen molar-refractivity contribution >= 4 is 82.5 Å². The first-order valence-electron chi connectivity index (χ1n) is 24.5. The van der Waals surface area contributed by atoms with Gasteiger partial charge in [0.2, 0.25) is 0 Å². The highest BCUT2D eigenvalue weighted by Crippen LogP contribution is 2.47. The van der Waals surface area contributed by atoms with Crippen molar-refractivity contribution in [3.8, 4) is 11.5 Å². The summed E-state index contributed by atoms with van der Waals surface area (Å²) in [5.41, 5.74) is 11.3. The van der Waals surface area contributed by atoms with Gasteiger partial charge in [-0.3, -0.25) is 18.7 Å². The highest BCUT2D eigenvalue weighted by molar-refractivity contribution is 7.57. The van der Waals surface area contributed by atoms with Gasteiger partial charge in [-0.05, 0) is 115 Å². The quantitative estimate of drug-likeness (QED) is 0.0363. The van der Waals surface area contributed by atoms with Crippen LogP contribution in [0.15, 0.2) is 110 Å². The lowest BCUT2D eigenvalue weighted by molar-refractivity contribution is -0.154. The van der Waals surface area contributed by atoms with Gasteiger partial charge < -0.3 is 48.6 Å². The smallest absolute Gasteiger partial charge is 0.342 e. The van der Waals surface area contributed by atoms with Crippen molar-refractivity contribution < 1.29 is 46.7 Å². The molecule has 0 aliphatic rings. The molecule has 76 heavy (non-hydrogen) atoms. The normalized spacial score (nSPS) is 14.5. The number of nitrogen functional groups attached to an aromatic ring is 2. The minimum absolute atomic E-state index is 0.287. The predicted molar refractivity (Wildman–Crippen MR) is 292 cm³/mol. The number of anilines is 2. The summed E-state index contributed by atoms with van der Waals surface area (Å²) in [6.45, 7) is 17.8. The molecule has 0 saturated carbocycles. The largest absolute Gasteiger partial charge is 0.462 e. The molecule has 4 aromatic heterocycles. The number of aromatic nitrogens is 8. The van der Waals surface area contributed by atoms with E-state index in [0.717, 1.165) is 21.5 Å². The van der Waals surface area contributed by atoms with Gasteiger partial charge in [0.1, 0.15) is 59.0 Å². The number of fused-ring (bicyclic) bond motifs is 4. The molecule has 0 radical (unpaired) electrons. The van der Waals surface area contributed by atoms with E-state index in [1.165, 1.54) is 12.7 Å². The third-order valence-corrected chi connectivity index (χ3v) is 15.2. The zero-order valence-corrected chi connectivity index (χ0v) is 46.0. The number of carbonyl (C=O) groups excluding carboxylic acids is 2. The lowest BCUT2D eigenvalue weighted by Gasteiger charge is -2.31. The van der Waals surface area contributed by atoms with Gasteiger partial charge >= 0.3 is 27.0 Å². The Kier molecular flexibility index (Phi) is 17.8. The molecular formula is C52H66N12O10P2. The third kappa shape index (κ3) is 14.7. The monoisotopic (exact) mass is 1080 g/mol. The Morgan fingerprint density at radius 2 is 0.921 bits per heavy atom. The zero-order valence-electron chi connectivity index (χ0n) is 44.2. The number of hydrogen-bond donors (Lipinski definition) is 4. The number of imidazole rings is 2. The van der Waals surface area contributed by atoms with Crippen LogP contribution in [-0.2, 0) is 50.8 Å². The SMILES string of the molecule is CC(C)OC(=O)C(C)(C)NP(=O)(CO[C@H](C)Cn1cnc2c(N)ncnc21)Oc1ccc2ccccc2c1.CC(C)OC(=O)C(C)(C)N[P@](=O)(CO[C@H](C)Cn1cnc2c(N)ncnc21)Oc1ccc2ccccc2c1. The summed E-state index contributed by atoms with van der Waals surface area (Å²) in [6.07, 6.45) is 3.85. The summed E-state index contributed by atoms with van der Waals surface area (Å²) < 4.78 is 66.7. The molecule has 0 aliphatic carbocycles. The lowest BCUT2D eigenvalue weighted by Crippen LogP contribution is -2.48. The van der Waals surface area contributed by atoms with Crippen molar-refractivity contribution in [2.75, 3.05) is 24.2 Å². The number of carbonyl (C=O) groups is 2. The second kappa shape index (κ2) is 23.9. The van der Waals surface area contributed by atoms with Crippen molar-refractivity contribution in [3.63, 3.8) is 0 Å². The molecule has 0 bridgehead atoms. The van der Waals surface area contributed by atoms with Gasteiger partial charge in [0.15, 0.2) is 22.9 Å². The summed E-state index contributed by atoms with van der Waals surface area (Å²) >= 11 is 0. The van der Waals surface area contributed by atoms with Crippen LogP contribution < -0.4 is 30.7 Å². The molecule has 4 atom stereocenters. The Labute approximate surface area is 440 Å². The second-order valence-electron chi connectivity index (χ2n) is 19.8. The van der Waals surface area contributed by atoms with Gasteiger partial charge in [0.05, 0.1) is 50.2 Å². The number of benzene rings is 4. The molecule has 6 N–H and O–H groups in total. The average molecular weight is 1080 g/mol. The van der Waals surface area contributed by atoms with Crippen molar-refractivity contribution in [3.05, 3.63) is 110 Å². The van der Waals surface area contributed by atoms with Gasteiger partial charge in [-0.2, -0.15) is 0 Å². The Hall–Kier alpha value is -7.06. The molecule has 0 aliphatic heterocycles. The Morgan fingerprint density at radius 1 is 0.553 bits per heavy atom. The number of esters is 2. The summed E-state index contributed by atoms with van der Waals surface area (Å²) in [6, 6.07) is 26.4. The second-order valence-corrected chi connectivity index (χ2v) is 23.8. The third-order valence-electron chi connectivity index (χ3n) is 11.4. The molecule has 0 saturated heterocycles. The van der Waals surface area contributed by atoms with Crippen LogP contribution in [0.25, 0.3) is 43.9 Å². The van der Waals surface area contributed by atoms with E-state index in [9.17, 15) is 18.7 Å². The van der Waals surface area contributed by atoms with Gasteiger partial charge in [-0.1, -0.05) is 60.7 Å². The number of nitrogens with one attached hydrogen (secondary N) is 2. The molecule has 22 nitrogen and oxygen atoms in total. The van der Waals surface area contributed by atoms with Gasteiger partial charge in [-0.25, -0.2) is 40.1 Å². The molecule has 0 amide bonds. The van der Waals surface area contributed by atoms with Crippen LogP contribution in [0.1, 0.15) is 69.2 Å². The molecule has 4 aromatic carbocycles. The molecular weight excluding hydrogens is 1010 g/mol. The van der Waals surface area contributed by atoms with Crippen molar-refractivity contribution in [2.24, 2.45) is 0 Å². The van der Waals surface area contributed by atoms with Crippen molar-refractivity contribution in [1.82, 2.24) is 49.2 Å². The molecule has 0 fully saturated rings. The highest BCUT2D eigenvalue weighted by atomic mass is 31.2. The van der Waals surface area contributed by atoms with Gasteiger partial charge in [-0.15, -0.1) is 0 Å². The van der Waals surface area contributed by atoms with Crippen LogP contribution >= 0.6 is 15.0 Å². The van der Waals surface area contributed by atoms with E-state index >= 15 is 0 Å². The van der Waals surface area contributed by atoms with Crippen LogP contribution in [0.2, 0.25) is 0 Å². The van der Waals surface area contributed by atoms with Gasteiger partial charge in [0, 0.05) is 0 Å². The average Bonchev–Trinajstić information content (AvgIpc) is 3.98. The van der Waals surface area contributed by atoms with E-state index in [0.29, 0.717) is 46.9 Å². The molecule has 1 unspecified atom stereocenters. The summed E-state index contributed by atoms with van der Waals surface area (Å²) in [5.74, 6) is 0.244. The Balaban J connectivity index is 0.000000221. The molecule has 0 spiro atoms. The molecule has 404 valence electrons. The fraction of sp³-hybridized carbons (Fsp3) is 0.385. The molecule has 4 heterocycles. The van der Waals surface area contributed by atoms with E-state index in [1.807, 2.05) is 74.5 Å². The van der Waals surface area contributed by atoms with Crippen molar-refractivity contribution in [2.45, 2.75) is 118 Å². The number of nitrogens with zero attached hydrogens (tertiary/aromatic N) is 8. The number of hydrogen-bond acceptors (Lipinski definition) is 18. The Bertz CT molecular complexity index is 3200. The summed E-state index contributed by atoms with van der Waals surface area (Å²) in [5, 5.41) is 9.69. The maximum absolute atomic E-state index is 14.2. The maximum Gasteiger partial charge on any atom is 0.342 e. The van der Waals surface area contributed by atoms with Gasteiger partial charge in [0.25, 0.3) is 0 Å². The molecule has 8 aromatic rings. The van der Waals surface area contributed by atoms with Crippen LogP contribution in [0.4, 0.5) is 11.6 Å². The highest BCUT2D eigenvalue weighted by Gasteiger charge is 2.41. The van der Waals surface area contributed by atoms with Crippen molar-refractivity contribution in [1.29, 1.82) is 0 Å². The fourth-order valence-corrected chi connectivity index (χ4v) is 11.8. The number of rotatable bonds is 22. The summed E-state index contributed by atoms with van der Waals surface area (Å²) in [7, 11) is -7.56. The maximum atomic E-state index is 14.2. The van der Waals surface area contributed by atoms with Crippen LogP contribution in [0, 0.1) is 0 Å². The minimum atomic E-state index is -3.78. The minimum Gasteiger partial charge on any atom is -0.462 e. The zero-order chi connectivity index (χ0) is 55.0. The van der Waals surface area contributed by atoms with Crippen LogP contribution in [-0.4, -0.2) is 99.2 Å². The van der Waals surface area contributed by atoms with E-state index in [2.05, 4.69) is 40.1 Å². The van der Waals surface area contributed by atoms with Crippen LogP contribution in [0.3, 0.4) is 0 Å². The van der Waals surface area contributed by atoms with E-state index in [-0.39, 0.29) is 36.5 Å².